The van der Waals surface area contributed by atoms with Crippen LogP contribution >= 0.6 is 0 Å². The van der Waals surface area contributed by atoms with Gasteiger partial charge < -0.3 is 9.73 Å². The predicted molar refractivity (Wildman–Crippen MR) is 80.2 cm³/mol. The number of allylic oxidation sites excluding steroid dienone is 2. The van der Waals surface area contributed by atoms with Crippen molar-refractivity contribution in [2.75, 3.05) is 6.54 Å². The van der Waals surface area contributed by atoms with Crippen molar-refractivity contribution in [1.82, 2.24) is 5.32 Å². The normalized spacial score (nSPS) is 25.2. The Kier molecular flexibility index (Phi) is 4.51. The van der Waals surface area contributed by atoms with Gasteiger partial charge in [0, 0.05) is 11.6 Å². The highest BCUT2D eigenvalue weighted by molar-refractivity contribution is 5.23. The lowest BCUT2D eigenvalue weighted by Gasteiger charge is -2.27. The maximum absolute atomic E-state index is 5.61. The Balaban J connectivity index is 1.89. The smallest absolute Gasteiger partial charge is 0.105 e. The largest absolute Gasteiger partial charge is 0.466 e. The summed E-state index contributed by atoms with van der Waals surface area (Å²) in [5.74, 6) is 3.56. The Hall–Kier alpha value is -1.02. The van der Waals surface area contributed by atoms with E-state index in [1.807, 2.05) is 6.92 Å². The third-order valence-corrected chi connectivity index (χ3v) is 4.14. The van der Waals surface area contributed by atoms with Crippen LogP contribution in [0.3, 0.4) is 0 Å². The van der Waals surface area contributed by atoms with Gasteiger partial charge >= 0.3 is 0 Å². The number of hydrogen-bond acceptors (Lipinski definition) is 2. The highest BCUT2D eigenvalue weighted by atomic mass is 16.3. The predicted octanol–water partition coefficient (Wildman–Crippen LogP) is 4.54. The molecule has 1 N–H and O–H groups in total. The third-order valence-electron chi connectivity index (χ3n) is 4.14. The topological polar surface area (TPSA) is 25.2 Å². The molecule has 0 fully saturated rings. The van der Waals surface area contributed by atoms with Crippen LogP contribution < -0.4 is 5.32 Å². The van der Waals surface area contributed by atoms with Gasteiger partial charge in [0.05, 0.1) is 0 Å². The van der Waals surface area contributed by atoms with Gasteiger partial charge in [-0.3, -0.25) is 0 Å². The lowest BCUT2D eigenvalue weighted by atomic mass is 9.83. The summed E-state index contributed by atoms with van der Waals surface area (Å²) in [6.07, 6.45) is 4.97. The first-order valence-corrected chi connectivity index (χ1v) is 7.43. The second kappa shape index (κ2) is 5.96. The monoisotopic (exact) mass is 261 g/mol. The van der Waals surface area contributed by atoms with Gasteiger partial charge in [0.25, 0.3) is 0 Å². The summed E-state index contributed by atoms with van der Waals surface area (Å²) < 4.78 is 5.61. The van der Waals surface area contributed by atoms with E-state index in [2.05, 4.69) is 45.2 Å². The van der Waals surface area contributed by atoms with Crippen LogP contribution in [0.4, 0.5) is 0 Å². The van der Waals surface area contributed by atoms with E-state index in [1.54, 1.807) is 5.57 Å². The van der Waals surface area contributed by atoms with Crippen molar-refractivity contribution in [1.29, 1.82) is 0 Å². The summed E-state index contributed by atoms with van der Waals surface area (Å²) in [6, 6.07) is 2.53. The van der Waals surface area contributed by atoms with Gasteiger partial charge in [-0.1, -0.05) is 18.6 Å². The van der Waals surface area contributed by atoms with Crippen molar-refractivity contribution < 1.29 is 4.42 Å². The average molecular weight is 261 g/mol. The first-order chi connectivity index (χ1) is 8.95. The molecule has 3 unspecified atom stereocenters. The van der Waals surface area contributed by atoms with E-state index in [0.717, 1.165) is 29.9 Å². The van der Waals surface area contributed by atoms with Crippen molar-refractivity contribution in [3.63, 3.8) is 0 Å². The van der Waals surface area contributed by atoms with Crippen LogP contribution in [-0.2, 0) is 0 Å². The van der Waals surface area contributed by atoms with Gasteiger partial charge in [-0.25, -0.2) is 0 Å². The fourth-order valence-corrected chi connectivity index (χ4v) is 3.38. The zero-order valence-electron chi connectivity index (χ0n) is 12.9. The molecule has 1 aromatic heterocycles. The molecule has 0 aliphatic heterocycles. The summed E-state index contributed by atoms with van der Waals surface area (Å²) in [4.78, 5) is 0. The average Bonchev–Trinajstić information content (AvgIpc) is 2.64. The SMILES string of the molecule is CC1=CC(C)CC(CNC(C)c2cc(C)oc2C)C1. The van der Waals surface area contributed by atoms with Crippen LogP contribution in [0.25, 0.3) is 0 Å². The molecule has 0 saturated carbocycles. The zero-order valence-corrected chi connectivity index (χ0v) is 12.9. The Bertz CT molecular complexity index is 458. The molecule has 0 amide bonds. The minimum Gasteiger partial charge on any atom is -0.466 e. The lowest BCUT2D eigenvalue weighted by molar-refractivity contribution is 0.365. The zero-order chi connectivity index (χ0) is 14.0. The van der Waals surface area contributed by atoms with Crippen LogP contribution in [0, 0.1) is 25.7 Å². The fraction of sp³-hybridized carbons (Fsp3) is 0.647. The van der Waals surface area contributed by atoms with Crippen LogP contribution in [0.1, 0.15) is 56.7 Å². The third kappa shape index (κ3) is 3.73. The number of aryl methyl sites for hydroxylation is 2. The Morgan fingerprint density at radius 1 is 1.37 bits per heavy atom. The second-order valence-corrected chi connectivity index (χ2v) is 6.29. The van der Waals surface area contributed by atoms with Crippen molar-refractivity contribution in [3.05, 3.63) is 34.8 Å². The summed E-state index contributed by atoms with van der Waals surface area (Å²) >= 11 is 0. The van der Waals surface area contributed by atoms with E-state index in [0.29, 0.717) is 6.04 Å². The van der Waals surface area contributed by atoms with Crippen molar-refractivity contribution in [3.8, 4) is 0 Å². The molecule has 19 heavy (non-hydrogen) atoms. The molecule has 1 aliphatic rings. The highest BCUT2D eigenvalue weighted by Crippen LogP contribution is 2.28. The van der Waals surface area contributed by atoms with Gasteiger partial charge in [0.1, 0.15) is 11.5 Å². The van der Waals surface area contributed by atoms with Crippen LogP contribution in [0.2, 0.25) is 0 Å². The molecular formula is C17H27NO. The van der Waals surface area contributed by atoms with Crippen molar-refractivity contribution in [2.24, 2.45) is 11.8 Å². The molecular weight excluding hydrogens is 234 g/mol. The van der Waals surface area contributed by atoms with Crippen molar-refractivity contribution >= 4 is 0 Å². The summed E-state index contributed by atoms with van der Waals surface area (Å²) in [6.45, 7) is 12.0. The summed E-state index contributed by atoms with van der Waals surface area (Å²) in [5, 5.41) is 3.68. The van der Waals surface area contributed by atoms with Gasteiger partial charge in [-0.15, -0.1) is 0 Å². The fourth-order valence-electron chi connectivity index (χ4n) is 3.38. The first-order valence-electron chi connectivity index (χ1n) is 7.43. The molecule has 1 heterocycles. The molecule has 1 aromatic rings. The highest BCUT2D eigenvalue weighted by Gasteiger charge is 2.19. The van der Waals surface area contributed by atoms with Crippen LogP contribution in [0.5, 0.6) is 0 Å². The molecule has 0 radical (unpaired) electrons. The van der Waals surface area contributed by atoms with Crippen LogP contribution in [0.15, 0.2) is 22.1 Å². The van der Waals surface area contributed by atoms with Gasteiger partial charge in [-0.05, 0) is 65.0 Å². The standard InChI is InChI=1S/C17H27NO/c1-11-6-12(2)8-16(7-11)10-18-14(4)17-9-13(3)19-15(17)5/h6,9,11,14,16,18H,7-8,10H2,1-5H3. The lowest BCUT2D eigenvalue weighted by Crippen LogP contribution is -2.28. The van der Waals surface area contributed by atoms with E-state index in [-0.39, 0.29) is 0 Å². The number of furan rings is 1. The molecule has 0 spiro atoms. The van der Waals surface area contributed by atoms with E-state index >= 15 is 0 Å². The van der Waals surface area contributed by atoms with E-state index in [9.17, 15) is 0 Å². The molecule has 0 aromatic carbocycles. The molecule has 3 atom stereocenters. The van der Waals surface area contributed by atoms with Gasteiger partial charge in [0.15, 0.2) is 0 Å². The van der Waals surface area contributed by atoms with E-state index in [4.69, 9.17) is 4.42 Å². The minimum absolute atomic E-state index is 0.374. The molecule has 0 bridgehead atoms. The maximum Gasteiger partial charge on any atom is 0.105 e. The van der Waals surface area contributed by atoms with E-state index < -0.39 is 0 Å². The maximum atomic E-state index is 5.61. The quantitative estimate of drug-likeness (QED) is 0.805. The molecule has 1 aliphatic carbocycles. The Morgan fingerprint density at radius 3 is 2.68 bits per heavy atom. The van der Waals surface area contributed by atoms with E-state index in [1.165, 1.54) is 18.4 Å². The number of rotatable bonds is 4. The number of nitrogens with one attached hydrogen (secondary N) is 1. The molecule has 2 heteroatoms. The Labute approximate surface area is 117 Å². The molecule has 2 rings (SSSR count). The Morgan fingerprint density at radius 2 is 2.11 bits per heavy atom. The molecule has 0 saturated heterocycles. The molecule has 106 valence electrons. The van der Waals surface area contributed by atoms with Crippen molar-refractivity contribution in [2.45, 2.75) is 53.5 Å². The first kappa shape index (κ1) is 14.4. The summed E-state index contributed by atoms with van der Waals surface area (Å²) in [5.41, 5.74) is 2.85. The molecule has 2 nitrogen and oxygen atoms in total. The number of hydrogen-bond donors (Lipinski definition) is 1. The van der Waals surface area contributed by atoms with Gasteiger partial charge in [0.2, 0.25) is 0 Å². The van der Waals surface area contributed by atoms with Crippen LogP contribution in [-0.4, -0.2) is 6.54 Å². The van der Waals surface area contributed by atoms with Gasteiger partial charge in [-0.2, -0.15) is 0 Å². The minimum atomic E-state index is 0.374. The second-order valence-electron chi connectivity index (χ2n) is 6.29. The summed E-state index contributed by atoms with van der Waals surface area (Å²) in [7, 11) is 0.